The third-order valence-electron chi connectivity index (χ3n) is 3.39. The standard InChI is InChI=1S/C15H22ClNO2/c1-17-10-15(12-5-7-13(16)8-6-12)19-11-14-4-2-3-9-18-14/h5-8,14-15,17H,2-4,9-11H2,1H3. The van der Waals surface area contributed by atoms with E-state index in [-0.39, 0.29) is 12.2 Å². The lowest BCUT2D eigenvalue weighted by atomic mass is 10.1. The molecule has 0 amide bonds. The Morgan fingerprint density at radius 1 is 1.37 bits per heavy atom. The number of halogens is 1. The van der Waals surface area contributed by atoms with E-state index < -0.39 is 0 Å². The molecule has 106 valence electrons. The van der Waals surface area contributed by atoms with E-state index >= 15 is 0 Å². The second-order valence-electron chi connectivity index (χ2n) is 4.92. The second-order valence-corrected chi connectivity index (χ2v) is 5.36. The van der Waals surface area contributed by atoms with Gasteiger partial charge in [0.25, 0.3) is 0 Å². The summed E-state index contributed by atoms with van der Waals surface area (Å²) < 4.78 is 11.7. The molecule has 2 atom stereocenters. The van der Waals surface area contributed by atoms with Crippen LogP contribution < -0.4 is 5.32 Å². The molecule has 19 heavy (non-hydrogen) atoms. The topological polar surface area (TPSA) is 30.5 Å². The predicted octanol–water partition coefficient (Wildman–Crippen LogP) is 3.19. The van der Waals surface area contributed by atoms with Crippen molar-refractivity contribution in [2.45, 2.75) is 31.5 Å². The molecule has 2 rings (SSSR count). The molecule has 1 fully saturated rings. The van der Waals surface area contributed by atoms with Gasteiger partial charge in [0.1, 0.15) is 0 Å². The highest BCUT2D eigenvalue weighted by molar-refractivity contribution is 6.30. The van der Waals surface area contributed by atoms with Crippen molar-refractivity contribution < 1.29 is 9.47 Å². The summed E-state index contributed by atoms with van der Waals surface area (Å²) in [4.78, 5) is 0. The van der Waals surface area contributed by atoms with Crippen LogP contribution in [0.15, 0.2) is 24.3 Å². The van der Waals surface area contributed by atoms with Crippen molar-refractivity contribution in [2.24, 2.45) is 0 Å². The normalized spacial score (nSPS) is 21.3. The molecule has 1 aliphatic heterocycles. The van der Waals surface area contributed by atoms with Crippen molar-refractivity contribution in [1.29, 1.82) is 0 Å². The summed E-state index contributed by atoms with van der Waals surface area (Å²) in [5, 5.41) is 3.92. The van der Waals surface area contributed by atoms with Gasteiger partial charge < -0.3 is 14.8 Å². The van der Waals surface area contributed by atoms with Gasteiger partial charge in [0.05, 0.1) is 18.8 Å². The van der Waals surface area contributed by atoms with Gasteiger partial charge in [0, 0.05) is 18.2 Å². The molecule has 1 aromatic carbocycles. The zero-order valence-electron chi connectivity index (χ0n) is 11.4. The largest absolute Gasteiger partial charge is 0.376 e. The Hall–Kier alpha value is -0.610. The molecule has 1 N–H and O–H groups in total. The monoisotopic (exact) mass is 283 g/mol. The molecule has 0 bridgehead atoms. The lowest BCUT2D eigenvalue weighted by molar-refractivity contribution is -0.0630. The minimum Gasteiger partial charge on any atom is -0.376 e. The molecule has 0 radical (unpaired) electrons. The van der Waals surface area contributed by atoms with E-state index in [1.807, 2.05) is 31.3 Å². The van der Waals surface area contributed by atoms with Crippen LogP contribution in [0.25, 0.3) is 0 Å². The Bertz CT molecular complexity index is 363. The summed E-state index contributed by atoms with van der Waals surface area (Å²) in [5.41, 5.74) is 1.15. The van der Waals surface area contributed by atoms with Gasteiger partial charge in [-0.1, -0.05) is 23.7 Å². The zero-order valence-corrected chi connectivity index (χ0v) is 12.2. The number of hydrogen-bond donors (Lipinski definition) is 1. The van der Waals surface area contributed by atoms with E-state index in [0.29, 0.717) is 6.61 Å². The quantitative estimate of drug-likeness (QED) is 0.870. The van der Waals surface area contributed by atoms with E-state index in [0.717, 1.165) is 30.2 Å². The highest BCUT2D eigenvalue weighted by atomic mass is 35.5. The lowest BCUT2D eigenvalue weighted by Gasteiger charge is -2.25. The smallest absolute Gasteiger partial charge is 0.0950 e. The summed E-state index contributed by atoms with van der Waals surface area (Å²) in [6, 6.07) is 7.85. The number of likely N-dealkylation sites (N-methyl/N-ethyl adjacent to an activating group) is 1. The maximum absolute atomic E-state index is 6.02. The number of rotatable bonds is 6. The molecule has 2 unspecified atom stereocenters. The number of ether oxygens (including phenoxy) is 2. The van der Waals surface area contributed by atoms with Crippen LogP contribution in [0.2, 0.25) is 5.02 Å². The summed E-state index contributed by atoms with van der Waals surface area (Å²) in [7, 11) is 1.93. The van der Waals surface area contributed by atoms with Crippen LogP contribution in [-0.2, 0) is 9.47 Å². The van der Waals surface area contributed by atoms with Gasteiger partial charge >= 0.3 is 0 Å². The van der Waals surface area contributed by atoms with Gasteiger partial charge in [-0.2, -0.15) is 0 Å². The van der Waals surface area contributed by atoms with E-state index in [2.05, 4.69) is 5.32 Å². The fraction of sp³-hybridized carbons (Fsp3) is 0.600. The molecule has 3 nitrogen and oxygen atoms in total. The first-order valence-corrected chi connectivity index (χ1v) is 7.30. The van der Waals surface area contributed by atoms with Crippen LogP contribution in [0.5, 0.6) is 0 Å². The Morgan fingerprint density at radius 2 is 2.16 bits per heavy atom. The van der Waals surface area contributed by atoms with Crippen molar-refractivity contribution in [1.82, 2.24) is 5.32 Å². The van der Waals surface area contributed by atoms with Crippen molar-refractivity contribution >= 4 is 11.6 Å². The highest BCUT2D eigenvalue weighted by Crippen LogP contribution is 2.21. The SMILES string of the molecule is CNCC(OCC1CCCCO1)c1ccc(Cl)cc1. The fourth-order valence-electron chi connectivity index (χ4n) is 2.30. The molecule has 1 saturated heterocycles. The van der Waals surface area contributed by atoms with Crippen molar-refractivity contribution in [3.05, 3.63) is 34.9 Å². The maximum atomic E-state index is 6.02. The Morgan fingerprint density at radius 3 is 2.79 bits per heavy atom. The number of benzene rings is 1. The van der Waals surface area contributed by atoms with Crippen molar-refractivity contribution in [2.75, 3.05) is 26.8 Å². The molecule has 0 aliphatic carbocycles. The van der Waals surface area contributed by atoms with Crippen molar-refractivity contribution in [3.63, 3.8) is 0 Å². The van der Waals surface area contributed by atoms with E-state index in [1.165, 1.54) is 12.8 Å². The molecule has 0 aromatic heterocycles. The molecule has 1 aromatic rings. The lowest BCUT2D eigenvalue weighted by Crippen LogP contribution is -2.28. The average molecular weight is 284 g/mol. The third kappa shape index (κ3) is 4.77. The Kier molecular flexibility index (Phi) is 6.11. The van der Waals surface area contributed by atoms with Gasteiger partial charge in [-0.15, -0.1) is 0 Å². The Labute approximate surface area is 120 Å². The van der Waals surface area contributed by atoms with Crippen molar-refractivity contribution in [3.8, 4) is 0 Å². The predicted molar refractivity (Wildman–Crippen MR) is 77.7 cm³/mol. The minimum atomic E-state index is 0.0489. The molecule has 4 heteroatoms. The Balaban J connectivity index is 1.89. The summed E-state index contributed by atoms with van der Waals surface area (Å²) in [5.74, 6) is 0. The van der Waals surface area contributed by atoms with Gasteiger partial charge in [0.2, 0.25) is 0 Å². The van der Waals surface area contributed by atoms with E-state index in [1.54, 1.807) is 0 Å². The summed E-state index contributed by atoms with van der Waals surface area (Å²) in [6.07, 6.45) is 3.82. The van der Waals surface area contributed by atoms with Crippen LogP contribution in [0, 0.1) is 0 Å². The molecule has 0 spiro atoms. The first-order chi connectivity index (χ1) is 9.29. The minimum absolute atomic E-state index is 0.0489. The third-order valence-corrected chi connectivity index (χ3v) is 3.64. The number of hydrogen-bond acceptors (Lipinski definition) is 3. The zero-order chi connectivity index (χ0) is 13.5. The number of nitrogens with one attached hydrogen (secondary N) is 1. The van der Waals surface area contributed by atoms with E-state index in [4.69, 9.17) is 21.1 Å². The molecule has 1 aliphatic rings. The van der Waals surface area contributed by atoms with Gasteiger partial charge in [-0.05, 0) is 44.0 Å². The van der Waals surface area contributed by atoms with Gasteiger partial charge in [-0.3, -0.25) is 0 Å². The van der Waals surface area contributed by atoms with Crippen LogP contribution in [0.3, 0.4) is 0 Å². The van der Waals surface area contributed by atoms with Crippen LogP contribution in [0.4, 0.5) is 0 Å². The van der Waals surface area contributed by atoms with Crippen LogP contribution in [-0.4, -0.2) is 32.9 Å². The molecule has 1 heterocycles. The molecular weight excluding hydrogens is 262 g/mol. The first-order valence-electron chi connectivity index (χ1n) is 6.93. The molecular formula is C15H22ClNO2. The van der Waals surface area contributed by atoms with Gasteiger partial charge in [0.15, 0.2) is 0 Å². The van der Waals surface area contributed by atoms with Crippen LogP contribution >= 0.6 is 11.6 Å². The average Bonchev–Trinajstić information content (AvgIpc) is 2.46. The van der Waals surface area contributed by atoms with Crippen LogP contribution in [0.1, 0.15) is 30.9 Å². The molecule has 0 saturated carbocycles. The summed E-state index contributed by atoms with van der Waals surface area (Å²) in [6.45, 7) is 2.31. The fourth-order valence-corrected chi connectivity index (χ4v) is 2.42. The second kappa shape index (κ2) is 7.85. The maximum Gasteiger partial charge on any atom is 0.0950 e. The summed E-state index contributed by atoms with van der Waals surface area (Å²) >= 11 is 5.92. The first kappa shape index (κ1) is 14.8. The highest BCUT2D eigenvalue weighted by Gasteiger charge is 2.17. The van der Waals surface area contributed by atoms with E-state index in [9.17, 15) is 0 Å². The van der Waals surface area contributed by atoms with Gasteiger partial charge in [-0.25, -0.2) is 0 Å².